The maximum absolute atomic E-state index is 13.2. The number of benzene rings is 1. The maximum atomic E-state index is 13.2. The van der Waals surface area contributed by atoms with Crippen LogP contribution in [-0.2, 0) is 6.54 Å². The molecule has 1 aromatic carbocycles. The second-order valence-electron chi connectivity index (χ2n) is 4.06. The second kappa shape index (κ2) is 6.31. The van der Waals surface area contributed by atoms with Gasteiger partial charge >= 0.3 is 5.97 Å². The monoisotopic (exact) mass is 312 g/mol. The van der Waals surface area contributed by atoms with Gasteiger partial charge in [-0.25, -0.2) is 13.9 Å². The van der Waals surface area contributed by atoms with Gasteiger partial charge in [0.05, 0.1) is 17.8 Å². The third-order valence-electron chi connectivity index (χ3n) is 2.57. The topological polar surface area (TPSA) is 97.1 Å². The van der Waals surface area contributed by atoms with Crippen LogP contribution in [0.3, 0.4) is 0 Å². The summed E-state index contributed by atoms with van der Waals surface area (Å²) in [4.78, 5) is 22.4. The number of aromatic nitrogens is 3. The Morgan fingerprint density at radius 1 is 1.43 bits per heavy atom. The van der Waals surface area contributed by atoms with Crippen molar-refractivity contribution in [2.24, 2.45) is 0 Å². The molecule has 0 bridgehead atoms. The Balaban J connectivity index is 1.88. The number of carbonyl (C=O) groups is 2. The van der Waals surface area contributed by atoms with Gasteiger partial charge in [0, 0.05) is 12.1 Å². The number of halogens is 2. The van der Waals surface area contributed by atoms with Crippen LogP contribution in [0.25, 0.3) is 0 Å². The minimum atomic E-state index is -1.18. The molecule has 0 spiro atoms. The van der Waals surface area contributed by atoms with Gasteiger partial charge in [-0.3, -0.25) is 4.79 Å². The Labute approximate surface area is 123 Å². The average molecular weight is 313 g/mol. The van der Waals surface area contributed by atoms with Gasteiger partial charge in [-0.1, -0.05) is 16.8 Å². The fourth-order valence-electron chi connectivity index (χ4n) is 1.53. The number of hydrogen-bond acceptors (Lipinski definition) is 4. The number of nitrogens with zero attached hydrogens (tertiary/aromatic N) is 3. The van der Waals surface area contributed by atoms with Crippen molar-refractivity contribution < 1.29 is 19.1 Å². The summed E-state index contributed by atoms with van der Waals surface area (Å²) in [6, 6.07) is 3.73. The van der Waals surface area contributed by atoms with Gasteiger partial charge in [0.15, 0.2) is 5.69 Å². The normalized spacial score (nSPS) is 10.4. The van der Waals surface area contributed by atoms with E-state index in [0.29, 0.717) is 0 Å². The number of carboxylic acids is 1. The lowest BCUT2D eigenvalue weighted by atomic mass is 10.2. The van der Waals surface area contributed by atoms with E-state index in [0.717, 1.165) is 6.07 Å². The number of amides is 1. The molecule has 0 fully saturated rings. The Morgan fingerprint density at radius 2 is 2.19 bits per heavy atom. The molecule has 0 aliphatic heterocycles. The highest BCUT2D eigenvalue weighted by molar-refractivity contribution is 6.30. The summed E-state index contributed by atoms with van der Waals surface area (Å²) in [5, 5.41) is 18.2. The summed E-state index contributed by atoms with van der Waals surface area (Å²) in [5.74, 6) is -2.32. The molecule has 2 N–H and O–H groups in total. The number of rotatable bonds is 5. The molecule has 110 valence electrons. The van der Waals surface area contributed by atoms with Crippen molar-refractivity contribution in [1.82, 2.24) is 20.3 Å². The molecule has 9 heteroatoms. The van der Waals surface area contributed by atoms with Crippen LogP contribution in [0, 0.1) is 5.82 Å². The van der Waals surface area contributed by atoms with Crippen molar-refractivity contribution in [3.05, 3.63) is 46.5 Å². The zero-order valence-corrected chi connectivity index (χ0v) is 11.3. The summed E-state index contributed by atoms with van der Waals surface area (Å²) in [7, 11) is 0. The highest BCUT2D eigenvalue weighted by Gasteiger charge is 2.10. The lowest BCUT2D eigenvalue weighted by Gasteiger charge is -2.05. The van der Waals surface area contributed by atoms with E-state index in [-0.39, 0.29) is 29.4 Å². The summed E-state index contributed by atoms with van der Waals surface area (Å²) in [5.41, 5.74) is -0.0391. The zero-order valence-electron chi connectivity index (χ0n) is 10.6. The second-order valence-corrected chi connectivity index (χ2v) is 4.46. The first-order chi connectivity index (χ1) is 9.97. The predicted octanol–water partition coefficient (Wildman–Crippen LogP) is 1.20. The van der Waals surface area contributed by atoms with E-state index in [1.54, 1.807) is 0 Å². The minimum absolute atomic E-state index is 0.0598. The Kier molecular flexibility index (Phi) is 4.49. The van der Waals surface area contributed by atoms with Crippen LogP contribution in [-0.4, -0.2) is 38.5 Å². The summed E-state index contributed by atoms with van der Waals surface area (Å²) >= 11 is 5.52. The third-order valence-corrected chi connectivity index (χ3v) is 2.87. The molecule has 7 nitrogen and oxygen atoms in total. The fourth-order valence-corrected chi connectivity index (χ4v) is 1.65. The molecular formula is C12H10ClFN4O3. The van der Waals surface area contributed by atoms with E-state index in [2.05, 4.69) is 15.6 Å². The number of nitrogens with one attached hydrogen (secondary N) is 1. The molecule has 21 heavy (non-hydrogen) atoms. The first-order valence-corrected chi connectivity index (χ1v) is 6.22. The Hall–Kier alpha value is -2.48. The van der Waals surface area contributed by atoms with Gasteiger partial charge in [-0.2, -0.15) is 0 Å². The van der Waals surface area contributed by atoms with E-state index >= 15 is 0 Å². The van der Waals surface area contributed by atoms with Crippen LogP contribution in [0.5, 0.6) is 0 Å². The maximum Gasteiger partial charge on any atom is 0.358 e. The van der Waals surface area contributed by atoms with Crippen molar-refractivity contribution >= 4 is 23.5 Å². The lowest BCUT2D eigenvalue weighted by molar-refractivity contribution is 0.0690. The number of carbonyl (C=O) groups excluding carboxylic acids is 1. The molecule has 1 heterocycles. The van der Waals surface area contributed by atoms with Gasteiger partial charge < -0.3 is 10.4 Å². The van der Waals surface area contributed by atoms with E-state index < -0.39 is 17.7 Å². The highest BCUT2D eigenvalue weighted by Crippen LogP contribution is 2.15. The van der Waals surface area contributed by atoms with Gasteiger partial charge in [-0.15, -0.1) is 5.10 Å². The van der Waals surface area contributed by atoms with Crippen LogP contribution in [0.1, 0.15) is 20.8 Å². The quantitative estimate of drug-likeness (QED) is 0.864. The minimum Gasteiger partial charge on any atom is -0.476 e. The van der Waals surface area contributed by atoms with Crippen LogP contribution < -0.4 is 5.32 Å². The molecular weight excluding hydrogens is 303 g/mol. The van der Waals surface area contributed by atoms with Crippen molar-refractivity contribution in [2.75, 3.05) is 6.54 Å². The Morgan fingerprint density at radius 3 is 2.81 bits per heavy atom. The van der Waals surface area contributed by atoms with Gasteiger partial charge in [0.25, 0.3) is 5.91 Å². The molecule has 1 amide bonds. The number of aromatic carboxylic acids is 1. The molecule has 1 aromatic heterocycles. The molecule has 0 aliphatic carbocycles. The molecule has 0 unspecified atom stereocenters. The molecule has 0 radical (unpaired) electrons. The zero-order chi connectivity index (χ0) is 15.4. The predicted molar refractivity (Wildman–Crippen MR) is 70.7 cm³/mol. The van der Waals surface area contributed by atoms with Gasteiger partial charge in [-0.05, 0) is 18.2 Å². The van der Waals surface area contributed by atoms with Crippen molar-refractivity contribution in [3.8, 4) is 0 Å². The first kappa shape index (κ1) is 14.9. The van der Waals surface area contributed by atoms with Crippen LogP contribution in [0.15, 0.2) is 24.4 Å². The van der Waals surface area contributed by atoms with Crippen LogP contribution in [0.4, 0.5) is 4.39 Å². The molecule has 2 rings (SSSR count). The van der Waals surface area contributed by atoms with Crippen LogP contribution in [0.2, 0.25) is 5.02 Å². The summed E-state index contributed by atoms with van der Waals surface area (Å²) < 4.78 is 14.5. The molecule has 0 saturated heterocycles. The van der Waals surface area contributed by atoms with Gasteiger partial charge in [0.2, 0.25) is 0 Å². The van der Waals surface area contributed by atoms with Crippen molar-refractivity contribution in [2.45, 2.75) is 6.54 Å². The van der Waals surface area contributed by atoms with E-state index in [9.17, 15) is 14.0 Å². The Bertz CT molecular complexity index is 689. The highest BCUT2D eigenvalue weighted by atomic mass is 35.5. The van der Waals surface area contributed by atoms with Crippen molar-refractivity contribution in [1.29, 1.82) is 0 Å². The van der Waals surface area contributed by atoms with E-state index in [1.807, 2.05) is 0 Å². The van der Waals surface area contributed by atoms with Crippen LogP contribution >= 0.6 is 11.6 Å². The molecule has 0 saturated carbocycles. The largest absolute Gasteiger partial charge is 0.476 e. The molecule has 0 atom stereocenters. The third kappa shape index (κ3) is 3.76. The van der Waals surface area contributed by atoms with E-state index in [1.165, 1.54) is 23.0 Å². The first-order valence-electron chi connectivity index (χ1n) is 5.84. The lowest BCUT2D eigenvalue weighted by Crippen LogP contribution is -2.27. The summed E-state index contributed by atoms with van der Waals surface area (Å²) in [6.45, 7) is 0.424. The number of carboxylic acid groups (broad SMARTS) is 1. The average Bonchev–Trinajstić information content (AvgIpc) is 2.91. The smallest absolute Gasteiger partial charge is 0.358 e. The van der Waals surface area contributed by atoms with Crippen molar-refractivity contribution in [3.63, 3.8) is 0 Å². The van der Waals surface area contributed by atoms with E-state index in [4.69, 9.17) is 16.7 Å². The van der Waals surface area contributed by atoms with Gasteiger partial charge in [0.1, 0.15) is 5.82 Å². The molecule has 0 aliphatic rings. The summed E-state index contributed by atoms with van der Waals surface area (Å²) in [6.07, 6.45) is 1.25. The number of hydrogen-bond donors (Lipinski definition) is 2. The molecule has 2 aromatic rings. The SMILES string of the molecule is O=C(NCCn1cc(C(=O)O)nn1)c1ccc(Cl)c(F)c1. The fraction of sp³-hybridized carbons (Fsp3) is 0.167. The standard InChI is InChI=1S/C12H10ClFN4O3/c13-8-2-1-7(5-9(8)14)11(19)15-3-4-18-6-10(12(20)21)16-17-18/h1-2,5-6H,3-4H2,(H,15,19)(H,20,21).